The maximum absolute atomic E-state index is 12.7. The first-order valence-corrected chi connectivity index (χ1v) is 8.82. The Kier molecular flexibility index (Phi) is 7.47. The molecular formula is C19H27ClN4O. The minimum absolute atomic E-state index is 0. The Morgan fingerprint density at radius 3 is 2.80 bits per heavy atom. The van der Waals surface area contributed by atoms with Crippen LogP contribution in [0.4, 0.5) is 0 Å². The van der Waals surface area contributed by atoms with Crippen LogP contribution >= 0.6 is 12.4 Å². The van der Waals surface area contributed by atoms with E-state index in [2.05, 4.69) is 28.6 Å². The normalized spacial score (nSPS) is 16.9. The van der Waals surface area contributed by atoms with Crippen LogP contribution in [0.25, 0.3) is 0 Å². The molecule has 0 saturated carbocycles. The first-order valence-electron chi connectivity index (χ1n) is 8.82. The number of carbonyl (C=O) groups is 1. The van der Waals surface area contributed by atoms with Crippen LogP contribution in [0.3, 0.4) is 0 Å². The Morgan fingerprint density at radius 2 is 2.12 bits per heavy atom. The molecule has 2 aromatic rings. The van der Waals surface area contributed by atoms with Gasteiger partial charge < -0.3 is 10.2 Å². The lowest BCUT2D eigenvalue weighted by Gasteiger charge is -2.25. The molecule has 1 aromatic heterocycles. The van der Waals surface area contributed by atoms with E-state index in [1.807, 2.05) is 40.9 Å². The molecule has 136 valence electrons. The van der Waals surface area contributed by atoms with Crippen molar-refractivity contribution in [3.05, 3.63) is 53.9 Å². The van der Waals surface area contributed by atoms with Crippen molar-refractivity contribution in [3.8, 4) is 0 Å². The lowest BCUT2D eigenvalue weighted by molar-refractivity contribution is -0.132. The Morgan fingerprint density at radius 1 is 1.32 bits per heavy atom. The van der Waals surface area contributed by atoms with Crippen molar-refractivity contribution >= 4 is 18.3 Å². The molecule has 1 fully saturated rings. The van der Waals surface area contributed by atoms with Crippen LogP contribution in [-0.2, 0) is 17.9 Å². The lowest BCUT2D eigenvalue weighted by Crippen LogP contribution is -2.35. The van der Waals surface area contributed by atoms with Crippen molar-refractivity contribution in [2.24, 2.45) is 0 Å². The molecule has 0 aliphatic carbocycles. The number of rotatable bonds is 6. The van der Waals surface area contributed by atoms with Crippen molar-refractivity contribution < 1.29 is 4.79 Å². The number of nitrogens with zero attached hydrogens (tertiary/aromatic N) is 3. The van der Waals surface area contributed by atoms with Gasteiger partial charge >= 0.3 is 0 Å². The van der Waals surface area contributed by atoms with Gasteiger partial charge in [0.1, 0.15) is 6.54 Å². The number of nitrogens with one attached hydrogen (secondary N) is 1. The molecule has 0 spiro atoms. The Labute approximate surface area is 155 Å². The molecule has 0 bridgehead atoms. The molecule has 1 aliphatic heterocycles. The van der Waals surface area contributed by atoms with E-state index in [1.165, 1.54) is 12.1 Å². The molecule has 1 saturated heterocycles. The van der Waals surface area contributed by atoms with Gasteiger partial charge in [-0.3, -0.25) is 9.48 Å². The highest BCUT2D eigenvalue weighted by Crippen LogP contribution is 2.22. The van der Waals surface area contributed by atoms with Crippen LogP contribution in [0.2, 0.25) is 0 Å². The van der Waals surface area contributed by atoms with Crippen LogP contribution in [0.5, 0.6) is 0 Å². The van der Waals surface area contributed by atoms with E-state index in [9.17, 15) is 4.79 Å². The summed E-state index contributed by atoms with van der Waals surface area (Å²) in [7, 11) is 0. The maximum atomic E-state index is 12.7. The molecule has 1 unspecified atom stereocenters. The monoisotopic (exact) mass is 362 g/mol. The van der Waals surface area contributed by atoms with Crippen LogP contribution in [0.15, 0.2) is 42.6 Å². The zero-order chi connectivity index (χ0) is 16.8. The fourth-order valence-corrected chi connectivity index (χ4v) is 3.33. The van der Waals surface area contributed by atoms with Crippen molar-refractivity contribution in [2.45, 2.75) is 38.8 Å². The lowest BCUT2D eigenvalue weighted by atomic mass is 9.96. The van der Waals surface area contributed by atoms with E-state index in [0.29, 0.717) is 25.6 Å². The van der Waals surface area contributed by atoms with Gasteiger partial charge in [-0.05, 0) is 37.9 Å². The van der Waals surface area contributed by atoms with E-state index in [1.54, 1.807) is 0 Å². The van der Waals surface area contributed by atoms with E-state index < -0.39 is 0 Å². The largest absolute Gasteiger partial charge is 0.337 e. The third kappa shape index (κ3) is 5.06. The number of carbonyl (C=O) groups excluding carboxylic acids is 1. The number of piperidine rings is 1. The zero-order valence-electron chi connectivity index (χ0n) is 14.7. The number of benzene rings is 1. The first-order chi connectivity index (χ1) is 11.8. The zero-order valence-corrected chi connectivity index (χ0v) is 15.5. The summed E-state index contributed by atoms with van der Waals surface area (Å²) >= 11 is 0. The molecule has 1 N–H and O–H groups in total. The second kappa shape index (κ2) is 9.59. The first kappa shape index (κ1) is 19.5. The van der Waals surface area contributed by atoms with Crippen LogP contribution in [0, 0.1) is 0 Å². The molecule has 3 rings (SSSR count). The van der Waals surface area contributed by atoms with Gasteiger partial charge in [-0.2, -0.15) is 5.10 Å². The third-order valence-corrected chi connectivity index (χ3v) is 4.70. The Bertz CT molecular complexity index is 652. The average Bonchev–Trinajstić information content (AvgIpc) is 3.09. The fourth-order valence-electron chi connectivity index (χ4n) is 3.33. The summed E-state index contributed by atoms with van der Waals surface area (Å²) in [5, 5.41) is 7.83. The molecule has 25 heavy (non-hydrogen) atoms. The number of likely N-dealkylation sites (N-methyl/N-ethyl adjacent to an activating group) is 1. The number of aromatic nitrogens is 2. The number of hydrogen-bond donors (Lipinski definition) is 1. The van der Waals surface area contributed by atoms with E-state index in [0.717, 1.165) is 25.1 Å². The van der Waals surface area contributed by atoms with Gasteiger partial charge in [-0.1, -0.05) is 30.3 Å². The molecule has 1 aromatic carbocycles. The van der Waals surface area contributed by atoms with E-state index in [-0.39, 0.29) is 18.3 Å². The third-order valence-electron chi connectivity index (χ3n) is 4.70. The summed E-state index contributed by atoms with van der Waals surface area (Å²) in [4.78, 5) is 14.6. The van der Waals surface area contributed by atoms with Crippen molar-refractivity contribution in [1.82, 2.24) is 20.0 Å². The summed E-state index contributed by atoms with van der Waals surface area (Å²) < 4.78 is 1.88. The standard InChI is InChI=1S/C19H26N4O.ClH/c1-2-22(14-16-7-4-3-5-8-16)19(24)15-23-18(10-12-21-23)17-9-6-11-20-13-17;/h3-5,7-8,10,12,17,20H,2,6,9,11,13-15H2,1H3;1H. The molecule has 0 radical (unpaired) electrons. The number of halogens is 1. The fraction of sp³-hybridized carbons (Fsp3) is 0.474. The summed E-state index contributed by atoms with van der Waals surface area (Å²) in [6.07, 6.45) is 4.15. The molecule has 1 amide bonds. The quantitative estimate of drug-likeness (QED) is 0.859. The summed E-state index contributed by atoms with van der Waals surface area (Å²) in [5.41, 5.74) is 2.33. The highest BCUT2D eigenvalue weighted by atomic mass is 35.5. The van der Waals surface area contributed by atoms with Crippen LogP contribution in [-0.4, -0.2) is 40.2 Å². The second-order valence-corrected chi connectivity index (χ2v) is 6.35. The summed E-state index contributed by atoms with van der Waals surface area (Å²) in [6.45, 7) is 5.76. The van der Waals surface area contributed by atoms with Crippen LogP contribution < -0.4 is 5.32 Å². The van der Waals surface area contributed by atoms with Gasteiger partial charge in [0.2, 0.25) is 5.91 Å². The minimum atomic E-state index is 0. The SMILES string of the molecule is CCN(Cc1ccccc1)C(=O)Cn1nccc1C1CCCNC1.Cl. The van der Waals surface area contributed by atoms with Crippen LogP contribution in [0.1, 0.15) is 36.9 Å². The smallest absolute Gasteiger partial charge is 0.244 e. The Hall–Kier alpha value is -1.85. The average molecular weight is 363 g/mol. The van der Waals surface area contributed by atoms with Gasteiger partial charge in [0.25, 0.3) is 0 Å². The van der Waals surface area contributed by atoms with E-state index >= 15 is 0 Å². The van der Waals surface area contributed by atoms with Gasteiger partial charge in [-0.25, -0.2) is 0 Å². The molecular weight excluding hydrogens is 336 g/mol. The van der Waals surface area contributed by atoms with Gasteiger partial charge in [0, 0.05) is 37.4 Å². The predicted molar refractivity (Wildman–Crippen MR) is 102 cm³/mol. The second-order valence-electron chi connectivity index (χ2n) is 6.35. The molecule has 1 aliphatic rings. The maximum Gasteiger partial charge on any atom is 0.244 e. The van der Waals surface area contributed by atoms with Gasteiger partial charge in [0.15, 0.2) is 0 Å². The van der Waals surface area contributed by atoms with Crippen molar-refractivity contribution in [3.63, 3.8) is 0 Å². The van der Waals surface area contributed by atoms with Gasteiger partial charge in [0.05, 0.1) is 0 Å². The molecule has 5 nitrogen and oxygen atoms in total. The predicted octanol–water partition coefficient (Wildman–Crippen LogP) is 2.82. The summed E-state index contributed by atoms with van der Waals surface area (Å²) in [5.74, 6) is 0.577. The highest BCUT2D eigenvalue weighted by Gasteiger charge is 2.21. The van der Waals surface area contributed by atoms with Gasteiger partial charge in [-0.15, -0.1) is 12.4 Å². The molecule has 2 heterocycles. The molecule has 6 heteroatoms. The summed E-state index contributed by atoms with van der Waals surface area (Å²) in [6, 6.07) is 12.2. The van der Waals surface area contributed by atoms with E-state index in [4.69, 9.17) is 0 Å². The molecule has 1 atom stereocenters. The Balaban J connectivity index is 0.00000225. The number of hydrogen-bond acceptors (Lipinski definition) is 3. The van der Waals surface area contributed by atoms with Crippen molar-refractivity contribution in [2.75, 3.05) is 19.6 Å². The highest BCUT2D eigenvalue weighted by molar-refractivity contribution is 5.85. The minimum Gasteiger partial charge on any atom is -0.337 e. The topological polar surface area (TPSA) is 50.2 Å². The van der Waals surface area contributed by atoms with Crippen molar-refractivity contribution in [1.29, 1.82) is 0 Å². The number of amides is 1.